The number of nitrogens with zero attached hydrogens (tertiary/aromatic N) is 4. The molecule has 8 nitrogen and oxygen atoms in total. The molecule has 4 heterocycles. The number of ether oxygens (including phenoxy) is 2. The van der Waals surface area contributed by atoms with Gasteiger partial charge in [0.2, 0.25) is 11.8 Å². The maximum atomic E-state index is 13.2. The van der Waals surface area contributed by atoms with Crippen molar-refractivity contribution in [2.45, 2.75) is 25.2 Å². The molecule has 3 aliphatic rings. The Kier molecular flexibility index (Phi) is 4.55. The van der Waals surface area contributed by atoms with E-state index in [-0.39, 0.29) is 17.9 Å². The van der Waals surface area contributed by atoms with Crippen LogP contribution >= 0.6 is 0 Å². The van der Waals surface area contributed by atoms with E-state index in [0.29, 0.717) is 32.8 Å². The maximum absolute atomic E-state index is 13.2. The number of amides is 2. The normalized spacial score (nSPS) is 31.0. The number of aryl methyl sites for hydroxylation is 1. The van der Waals surface area contributed by atoms with E-state index in [1.165, 1.54) is 0 Å². The van der Waals surface area contributed by atoms with Gasteiger partial charge in [-0.1, -0.05) is 12.2 Å². The fourth-order valence-electron chi connectivity index (χ4n) is 4.46. The second-order valence-electron chi connectivity index (χ2n) is 7.51. The molecule has 1 aromatic rings. The molecule has 2 bridgehead atoms. The van der Waals surface area contributed by atoms with Crippen LogP contribution in [0.2, 0.25) is 0 Å². The molecule has 0 aliphatic carbocycles. The first-order valence-corrected chi connectivity index (χ1v) is 9.41. The molecule has 4 atom stereocenters. The van der Waals surface area contributed by atoms with Crippen LogP contribution in [0.25, 0.3) is 0 Å². The van der Waals surface area contributed by atoms with Gasteiger partial charge in [-0.15, -0.1) is 0 Å². The summed E-state index contributed by atoms with van der Waals surface area (Å²) in [4.78, 5) is 33.9. The molecule has 0 aromatic carbocycles. The van der Waals surface area contributed by atoms with Crippen LogP contribution < -0.4 is 0 Å². The Labute approximate surface area is 158 Å². The van der Waals surface area contributed by atoms with Gasteiger partial charge >= 0.3 is 0 Å². The molecular formula is C19H26N4O4. The fraction of sp³-hybridized carbons (Fsp3) is 0.632. The second-order valence-corrected chi connectivity index (χ2v) is 7.51. The molecule has 2 amide bonds. The summed E-state index contributed by atoms with van der Waals surface area (Å²) in [5.41, 5.74) is -0.668. The Bertz CT molecular complexity index is 776. The summed E-state index contributed by atoms with van der Waals surface area (Å²) < 4.78 is 13.4. The Morgan fingerprint density at radius 3 is 3.04 bits per heavy atom. The molecule has 0 radical (unpaired) electrons. The van der Waals surface area contributed by atoms with Crippen molar-refractivity contribution in [2.24, 2.45) is 18.9 Å². The van der Waals surface area contributed by atoms with Crippen molar-refractivity contribution in [3.63, 3.8) is 0 Å². The minimum Gasteiger partial charge on any atom is -0.380 e. The van der Waals surface area contributed by atoms with Gasteiger partial charge in [0.25, 0.3) is 0 Å². The van der Waals surface area contributed by atoms with Gasteiger partial charge in [0.05, 0.1) is 37.6 Å². The average Bonchev–Trinajstić information content (AvgIpc) is 3.38. The van der Waals surface area contributed by atoms with E-state index in [2.05, 4.69) is 4.98 Å². The summed E-state index contributed by atoms with van der Waals surface area (Å²) in [5.74, 6) is -0.212. The number of hydrogen-bond donors (Lipinski definition) is 0. The molecule has 1 aromatic heterocycles. The highest BCUT2D eigenvalue weighted by molar-refractivity contribution is 5.92. The lowest BCUT2D eigenvalue weighted by molar-refractivity contribution is -0.143. The molecule has 4 rings (SSSR count). The van der Waals surface area contributed by atoms with Gasteiger partial charge in [0, 0.05) is 39.6 Å². The van der Waals surface area contributed by atoms with Crippen LogP contribution in [0.3, 0.4) is 0 Å². The third kappa shape index (κ3) is 2.87. The lowest BCUT2D eigenvalue weighted by Crippen LogP contribution is -2.44. The van der Waals surface area contributed by atoms with E-state index in [4.69, 9.17) is 9.47 Å². The topological polar surface area (TPSA) is 76.9 Å². The Morgan fingerprint density at radius 2 is 2.33 bits per heavy atom. The number of aromatic nitrogens is 2. The fourth-order valence-corrected chi connectivity index (χ4v) is 4.46. The van der Waals surface area contributed by atoms with E-state index in [1.807, 2.05) is 36.9 Å². The van der Waals surface area contributed by atoms with Crippen molar-refractivity contribution >= 4 is 11.8 Å². The highest BCUT2D eigenvalue weighted by atomic mass is 16.5. The highest BCUT2D eigenvalue weighted by Gasteiger charge is 2.67. The van der Waals surface area contributed by atoms with E-state index < -0.39 is 17.4 Å². The van der Waals surface area contributed by atoms with Gasteiger partial charge in [0.1, 0.15) is 11.4 Å². The minimum atomic E-state index is -0.668. The zero-order chi connectivity index (χ0) is 19.2. The highest BCUT2D eigenvalue weighted by Crippen LogP contribution is 2.52. The monoisotopic (exact) mass is 374 g/mol. The number of carbonyl (C=O) groups excluding carboxylic acids is 2. The van der Waals surface area contributed by atoms with Crippen molar-refractivity contribution < 1.29 is 19.1 Å². The number of hydrogen-bond acceptors (Lipinski definition) is 5. The van der Waals surface area contributed by atoms with Crippen molar-refractivity contribution in [3.05, 3.63) is 30.4 Å². The summed E-state index contributed by atoms with van der Waals surface area (Å²) in [6.45, 7) is 4.46. The van der Waals surface area contributed by atoms with Crippen LogP contribution in [0.15, 0.2) is 24.5 Å². The molecule has 146 valence electrons. The van der Waals surface area contributed by atoms with Crippen molar-refractivity contribution in [1.82, 2.24) is 19.4 Å². The first-order valence-electron chi connectivity index (χ1n) is 9.41. The van der Waals surface area contributed by atoms with Crippen molar-refractivity contribution in [3.8, 4) is 0 Å². The summed E-state index contributed by atoms with van der Waals surface area (Å²) in [6.07, 6.45) is 7.14. The molecule has 1 spiro atoms. The maximum Gasteiger partial charge on any atom is 0.230 e. The largest absolute Gasteiger partial charge is 0.380 e. The van der Waals surface area contributed by atoms with Gasteiger partial charge in [-0.3, -0.25) is 9.59 Å². The number of carbonyl (C=O) groups is 2. The molecule has 2 saturated heterocycles. The molecule has 0 saturated carbocycles. The minimum absolute atomic E-state index is 0.00899. The van der Waals surface area contributed by atoms with E-state index in [9.17, 15) is 9.59 Å². The van der Waals surface area contributed by atoms with Crippen LogP contribution in [0.1, 0.15) is 12.7 Å². The molecule has 0 N–H and O–H groups in total. The van der Waals surface area contributed by atoms with Gasteiger partial charge in [-0.05, 0) is 6.92 Å². The summed E-state index contributed by atoms with van der Waals surface area (Å²) in [7, 11) is 3.65. The smallest absolute Gasteiger partial charge is 0.230 e. The van der Waals surface area contributed by atoms with Gasteiger partial charge < -0.3 is 23.8 Å². The van der Waals surface area contributed by atoms with Crippen molar-refractivity contribution in [1.29, 1.82) is 0 Å². The molecule has 3 aliphatic heterocycles. The summed E-state index contributed by atoms with van der Waals surface area (Å²) >= 11 is 0. The van der Waals surface area contributed by atoms with Gasteiger partial charge in [-0.2, -0.15) is 0 Å². The average molecular weight is 374 g/mol. The lowest BCUT2D eigenvalue weighted by Gasteiger charge is -2.27. The number of fused-ring (bicyclic) bond motifs is 1. The number of imidazole rings is 1. The predicted octanol–water partition coefficient (Wildman–Crippen LogP) is 0.197. The van der Waals surface area contributed by atoms with Gasteiger partial charge in [-0.25, -0.2) is 4.98 Å². The zero-order valence-corrected chi connectivity index (χ0v) is 16.0. The molecule has 8 heteroatoms. The molecule has 0 unspecified atom stereocenters. The Balaban J connectivity index is 1.50. The summed E-state index contributed by atoms with van der Waals surface area (Å²) in [6, 6.07) is 0. The van der Waals surface area contributed by atoms with Crippen LogP contribution in [0, 0.1) is 11.8 Å². The molecule has 27 heavy (non-hydrogen) atoms. The number of rotatable bonds is 7. The molecular weight excluding hydrogens is 348 g/mol. The van der Waals surface area contributed by atoms with Crippen LogP contribution in [-0.4, -0.2) is 76.2 Å². The van der Waals surface area contributed by atoms with Crippen LogP contribution in [0.4, 0.5) is 0 Å². The second kappa shape index (κ2) is 6.76. The van der Waals surface area contributed by atoms with Crippen LogP contribution in [-0.2, 0) is 32.7 Å². The standard InChI is InChI=1S/C19H26N4O4/c1-4-26-10-9-23-12-19-6-5-13(27-19)15(16(19)18(23)25)17(24)22(3)11-14-20-7-8-21(14)2/h5-8,13,15-16H,4,9-12H2,1-3H3/t13-,15+,16-,19-/m0/s1. The first kappa shape index (κ1) is 18.2. The SMILES string of the molecule is CCOCCN1C[C@]23C=C[C@H](O2)[C@@H](C(=O)N(C)Cc2nccn2C)[C@H]3C1=O. The third-order valence-electron chi connectivity index (χ3n) is 5.85. The van der Waals surface area contributed by atoms with Crippen LogP contribution in [0.5, 0.6) is 0 Å². The van der Waals surface area contributed by atoms with E-state index in [0.717, 1.165) is 5.82 Å². The first-order chi connectivity index (χ1) is 13.0. The van der Waals surface area contributed by atoms with Gasteiger partial charge in [0.15, 0.2) is 0 Å². The quantitative estimate of drug-likeness (QED) is 0.503. The lowest BCUT2D eigenvalue weighted by atomic mass is 9.76. The third-order valence-corrected chi connectivity index (χ3v) is 5.85. The van der Waals surface area contributed by atoms with E-state index >= 15 is 0 Å². The van der Waals surface area contributed by atoms with Crippen molar-refractivity contribution in [2.75, 3.05) is 33.4 Å². The van der Waals surface area contributed by atoms with E-state index in [1.54, 1.807) is 23.0 Å². The zero-order valence-electron chi connectivity index (χ0n) is 16.0. The summed E-state index contributed by atoms with van der Waals surface area (Å²) in [5, 5.41) is 0. The Morgan fingerprint density at radius 1 is 1.52 bits per heavy atom. The predicted molar refractivity (Wildman–Crippen MR) is 96.5 cm³/mol. The Hall–Kier alpha value is -2.19. The molecule has 2 fully saturated rings. The number of likely N-dealkylation sites (tertiary alicyclic amines) is 1.